The van der Waals surface area contributed by atoms with Crippen LogP contribution < -0.4 is 10.1 Å². The van der Waals surface area contributed by atoms with Gasteiger partial charge in [0.1, 0.15) is 11.8 Å². The standard InChI is InChI=1S/C23H29ClN2O3S/c1-16(22(28)25-23(2,3)4)26(14-17-7-6-8-19(13-17)29-5)21(27)15-30-20-11-9-18(24)10-12-20/h6-13,16H,14-15H2,1-5H3,(H,25,28)/t16-/m1/s1. The fourth-order valence-electron chi connectivity index (χ4n) is 2.78. The number of thioether (sulfide) groups is 1. The van der Waals surface area contributed by atoms with E-state index in [0.29, 0.717) is 17.3 Å². The number of amides is 2. The molecule has 1 atom stereocenters. The molecule has 0 bridgehead atoms. The Kier molecular flexibility index (Phi) is 8.62. The second-order valence-corrected chi connectivity index (χ2v) is 9.52. The molecule has 2 amide bonds. The summed E-state index contributed by atoms with van der Waals surface area (Å²) in [6, 6.07) is 14.2. The molecule has 0 spiro atoms. The van der Waals surface area contributed by atoms with Crippen molar-refractivity contribution in [1.82, 2.24) is 10.2 Å². The van der Waals surface area contributed by atoms with Crippen LogP contribution in [0.5, 0.6) is 5.75 Å². The first kappa shape index (κ1) is 24.1. The van der Waals surface area contributed by atoms with Crippen LogP contribution >= 0.6 is 23.4 Å². The summed E-state index contributed by atoms with van der Waals surface area (Å²) >= 11 is 7.35. The third-order valence-electron chi connectivity index (χ3n) is 4.33. The van der Waals surface area contributed by atoms with Crippen molar-refractivity contribution in [2.24, 2.45) is 0 Å². The molecule has 0 aromatic heterocycles. The fraction of sp³-hybridized carbons (Fsp3) is 0.391. The Balaban J connectivity index is 2.18. The van der Waals surface area contributed by atoms with Crippen LogP contribution in [-0.2, 0) is 16.1 Å². The lowest BCUT2D eigenvalue weighted by molar-refractivity contribution is -0.139. The number of ether oxygens (including phenoxy) is 1. The Morgan fingerprint density at radius 1 is 1.17 bits per heavy atom. The van der Waals surface area contributed by atoms with Gasteiger partial charge in [0.25, 0.3) is 0 Å². The van der Waals surface area contributed by atoms with E-state index >= 15 is 0 Å². The maximum Gasteiger partial charge on any atom is 0.242 e. The molecule has 2 rings (SSSR count). The van der Waals surface area contributed by atoms with E-state index in [1.54, 1.807) is 31.1 Å². The van der Waals surface area contributed by atoms with Crippen LogP contribution in [0.1, 0.15) is 33.3 Å². The van der Waals surface area contributed by atoms with E-state index < -0.39 is 6.04 Å². The minimum atomic E-state index is -0.617. The molecule has 0 saturated carbocycles. The summed E-state index contributed by atoms with van der Waals surface area (Å²) in [5, 5.41) is 3.61. The monoisotopic (exact) mass is 448 g/mol. The molecule has 0 heterocycles. The van der Waals surface area contributed by atoms with Crippen molar-refractivity contribution >= 4 is 35.2 Å². The molecule has 2 aromatic rings. The summed E-state index contributed by atoms with van der Waals surface area (Å²) in [6.07, 6.45) is 0. The van der Waals surface area contributed by atoms with Gasteiger partial charge in [0.2, 0.25) is 11.8 Å². The average Bonchev–Trinajstić information content (AvgIpc) is 2.69. The quantitative estimate of drug-likeness (QED) is 0.591. The molecule has 2 aromatic carbocycles. The first-order valence-electron chi connectivity index (χ1n) is 9.72. The van der Waals surface area contributed by atoms with Crippen molar-refractivity contribution in [3.05, 3.63) is 59.1 Å². The van der Waals surface area contributed by atoms with Gasteiger partial charge in [0, 0.05) is 22.0 Å². The third kappa shape index (κ3) is 7.58. The number of rotatable bonds is 8. The van der Waals surface area contributed by atoms with Gasteiger partial charge in [-0.05, 0) is 69.7 Å². The Bertz CT molecular complexity index is 865. The Morgan fingerprint density at radius 2 is 1.83 bits per heavy atom. The molecule has 0 aliphatic carbocycles. The third-order valence-corrected chi connectivity index (χ3v) is 5.58. The summed E-state index contributed by atoms with van der Waals surface area (Å²) < 4.78 is 5.29. The molecule has 0 fully saturated rings. The van der Waals surface area contributed by atoms with Gasteiger partial charge in [0.05, 0.1) is 12.9 Å². The molecule has 0 aliphatic heterocycles. The molecule has 7 heteroatoms. The largest absolute Gasteiger partial charge is 0.497 e. The number of nitrogens with one attached hydrogen (secondary N) is 1. The smallest absolute Gasteiger partial charge is 0.242 e. The van der Waals surface area contributed by atoms with Crippen molar-refractivity contribution in [2.75, 3.05) is 12.9 Å². The van der Waals surface area contributed by atoms with Gasteiger partial charge >= 0.3 is 0 Å². The molecule has 30 heavy (non-hydrogen) atoms. The zero-order chi connectivity index (χ0) is 22.3. The van der Waals surface area contributed by atoms with E-state index in [1.165, 1.54) is 11.8 Å². The van der Waals surface area contributed by atoms with E-state index in [9.17, 15) is 9.59 Å². The van der Waals surface area contributed by atoms with E-state index in [2.05, 4.69) is 5.32 Å². The van der Waals surface area contributed by atoms with E-state index in [4.69, 9.17) is 16.3 Å². The van der Waals surface area contributed by atoms with Gasteiger partial charge in [-0.1, -0.05) is 23.7 Å². The summed E-state index contributed by atoms with van der Waals surface area (Å²) in [6.45, 7) is 7.83. The Labute approximate surface area is 188 Å². The Hall–Kier alpha value is -2.18. The fourth-order valence-corrected chi connectivity index (χ4v) is 3.69. The van der Waals surface area contributed by atoms with Gasteiger partial charge in [-0.2, -0.15) is 0 Å². The summed E-state index contributed by atoms with van der Waals surface area (Å²) in [4.78, 5) is 28.5. The highest BCUT2D eigenvalue weighted by Crippen LogP contribution is 2.22. The second kappa shape index (κ2) is 10.7. The van der Waals surface area contributed by atoms with Crippen LogP contribution in [0.4, 0.5) is 0 Å². The van der Waals surface area contributed by atoms with Crippen molar-refractivity contribution < 1.29 is 14.3 Å². The van der Waals surface area contributed by atoms with Gasteiger partial charge in [-0.15, -0.1) is 11.8 Å². The number of carbonyl (C=O) groups is 2. The molecule has 0 saturated heterocycles. The lowest BCUT2D eigenvalue weighted by atomic mass is 10.1. The lowest BCUT2D eigenvalue weighted by Crippen LogP contribution is -2.52. The Morgan fingerprint density at radius 3 is 2.43 bits per heavy atom. The van der Waals surface area contributed by atoms with Crippen LogP contribution in [0.2, 0.25) is 5.02 Å². The van der Waals surface area contributed by atoms with Gasteiger partial charge < -0.3 is 15.0 Å². The SMILES string of the molecule is COc1cccc(CN(C(=O)CSc2ccc(Cl)cc2)[C@H](C)C(=O)NC(C)(C)C)c1. The zero-order valence-corrected chi connectivity index (χ0v) is 19.6. The minimum absolute atomic E-state index is 0.116. The number of carbonyl (C=O) groups excluding carboxylic acids is 2. The number of methoxy groups -OCH3 is 1. The normalized spacial score (nSPS) is 12.2. The average molecular weight is 449 g/mol. The topological polar surface area (TPSA) is 58.6 Å². The van der Waals surface area contributed by atoms with Crippen molar-refractivity contribution in [3.8, 4) is 5.75 Å². The number of nitrogens with zero attached hydrogens (tertiary/aromatic N) is 1. The minimum Gasteiger partial charge on any atom is -0.497 e. The number of benzene rings is 2. The lowest BCUT2D eigenvalue weighted by Gasteiger charge is -2.31. The van der Waals surface area contributed by atoms with E-state index in [1.807, 2.05) is 57.2 Å². The molecule has 0 radical (unpaired) electrons. The maximum absolute atomic E-state index is 13.1. The second-order valence-electron chi connectivity index (χ2n) is 8.03. The molecular weight excluding hydrogens is 420 g/mol. The van der Waals surface area contributed by atoms with Gasteiger partial charge in [0.15, 0.2) is 0 Å². The molecule has 0 unspecified atom stereocenters. The molecule has 162 valence electrons. The van der Waals surface area contributed by atoms with Gasteiger partial charge in [-0.3, -0.25) is 9.59 Å². The molecule has 5 nitrogen and oxygen atoms in total. The first-order chi connectivity index (χ1) is 14.1. The van der Waals surface area contributed by atoms with Gasteiger partial charge in [-0.25, -0.2) is 0 Å². The first-order valence-corrected chi connectivity index (χ1v) is 11.1. The predicted octanol–water partition coefficient (Wildman–Crippen LogP) is 4.77. The maximum atomic E-state index is 13.1. The van der Waals surface area contributed by atoms with Crippen molar-refractivity contribution in [3.63, 3.8) is 0 Å². The van der Waals surface area contributed by atoms with Crippen LogP contribution in [0.15, 0.2) is 53.4 Å². The summed E-state index contributed by atoms with van der Waals surface area (Å²) in [5.41, 5.74) is 0.517. The highest BCUT2D eigenvalue weighted by Gasteiger charge is 2.28. The van der Waals surface area contributed by atoms with E-state index in [0.717, 1.165) is 10.5 Å². The van der Waals surface area contributed by atoms with Crippen LogP contribution in [0, 0.1) is 0 Å². The highest BCUT2D eigenvalue weighted by molar-refractivity contribution is 8.00. The highest BCUT2D eigenvalue weighted by atomic mass is 35.5. The van der Waals surface area contributed by atoms with Crippen molar-refractivity contribution in [2.45, 2.75) is 50.7 Å². The number of hydrogen-bond donors (Lipinski definition) is 1. The van der Waals surface area contributed by atoms with Crippen LogP contribution in [0.25, 0.3) is 0 Å². The zero-order valence-electron chi connectivity index (χ0n) is 18.1. The van der Waals surface area contributed by atoms with Crippen molar-refractivity contribution in [1.29, 1.82) is 0 Å². The molecule has 0 aliphatic rings. The summed E-state index contributed by atoms with van der Waals surface area (Å²) in [5.74, 6) is 0.630. The molecule has 1 N–H and O–H groups in total. The van der Waals surface area contributed by atoms with E-state index in [-0.39, 0.29) is 23.1 Å². The molecular formula is C23H29ClN2O3S. The van der Waals surface area contributed by atoms with Crippen LogP contribution in [-0.4, -0.2) is 41.2 Å². The number of halogens is 1. The van der Waals surface area contributed by atoms with Crippen LogP contribution in [0.3, 0.4) is 0 Å². The number of hydrogen-bond acceptors (Lipinski definition) is 4. The summed E-state index contributed by atoms with van der Waals surface area (Å²) in [7, 11) is 1.60. The predicted molar refractivity (Wildman–Crippen MR) is 123 cm³/mol.